The Bertz CT molecular complexity index is 358. The van der Waals surface area contributed by atoms with Gasteiger partial charge in [0.25, 0.3) is 0 Å². The summed E-state index contributed by atoms with van der Waals surface area (Å²) in [6.07, 6.45) is 4.01. The van der Waals surface area contributed by atoms with Crippen molar-refractivity contribution in [3.63, 3.8) is 0 Å². The molecule has 0 saturated carbocycles. The molecule has 1 N–H and O–H groups in total. The lowest BCUT2D eigenvalue weighted by atomic mass is 10.1. The van der Waals surface area contributed by atoms with Crippen molar-refractivity contribution in [3.05, 3.63) is 35.4 Å². The van der Waals surface area contributed by atoms with Crippen molar-refractivity contribution in [1.82, 2.24) is 10.2 Å². The highest BCUT2D eigenvalue weighted by atomic mass is 15.2. The second kappa shape index (κ2) is 6.35. The smallest absolute Gasteiger partial charge is 0.0239 e. The monoisotopic (exact) mass is 246 g/mol. The predicted octanol–water partition coefficient (Wildman–Crippen LogP) is 3.17. The molecule has 1 aliphatic heterocycles. The van der Waals surface area contributed by atoms with Crippen LogP contribution in [0.3, 0.4) is 0 Å². The van der Waals surface area contributed by atoms with Gasteiger partial charge in [0.1, 0.15) is 0 Å². The number of benzene rings is 1. The van der Waals surface area contributed by atoms with E-state index in [1.807, 2.05) is 7.05 Å². The van der Waals surface area contributed by atoms with Crippen LogP contribution in [0, 0.1) is 0 Å². The molecule has 2 unspecified atom stereocenters. The van der Waals surface area contributed by atoms with E-state index in [9.17, 15) is 0 Å². The van der Waals surface area contributed by atoms with Crippen LogP contribution in [0.2, 0.25) is 0 Å². The topological polar surface area (TPSA) is 15.3 Å². The van der Waals surface area contributed by atoms with Gasteiger partial charge in [-0.2, -0.15) is 0 Å². The lowest BCUT2D eigenvalue weighted by Gasteiger charge is -2.27. The molecule has 2 nitrogen and oxygen atoms in total. The summed E-state index contributed by atoms with van der Waals surface area (Å²) in [5, 5.41) is 3.19. The van der Waals surface area contributed by atoms with E-state index >= 15 is 0 Å². The van der Waals surface area contributed by atoms with Crippen LogP contribution < -0.4 is 5.32 Å². The molecule has 2 atom stereocenters. The Morgan fingerprint density at radius 3 is 2.44 bits per heavy atom. The van der Waals surface area contributed by atoms with E-state index in [4.69, 9.17) is 0 Å². The van der Waals surface area contributed by atoms with Gasteiger partial charge in [-0.1, -0.05) is 31.2 Å². The first kappa shape index (κ1) is 13.6. The third-order valence-corrected chi connectivity index (χ3v) is 4.19. The fraction of sp³-hybridized carbons (Fsp3) is 0.625. The van der Waals surface area contributed by atoms with E-state index in [2.05, 4.69) is 48.3 Å². The van der Waals surface area contributed by atoms with E-state index in [1.54, 1.807) is 0 Å². The highest BCUT2D eigenvalue weighted by Crippen LogP contribution is 2.27. The second-order valence-corrected chi connectivity index (χ2v) is 5.51. The highest BCUT2D eigenvalue weighted by molar-refractivity contribution is 5.22. The summed E-state index contributed by atoms with van der Waals surface area (Å²) in [7, 11) is 1.99. The van der Waals surface area contributed by atoms with Crippen molar-refractivity contribution >= 4 is 0 Å². The summed E-state index contributed by atoms with van der Waals surface area (Å²) < 4.78 is 0. The molecule has 100 valence electrons. The Morgan fingerprint density at radius 2 is 1.83 bits per heavy atom. The largest absolute Gasteiger partial charge is 0.316 e. The minimum atomic E-state index is 0.743. The fourth-order valence-corrected chi connectivity index (χ4v) is 3.03. The Balaban J connectivity index is 1.99. The highest BCUT2D eigenvalue weighted by Gasteiger charge is 2.28. The standard InChI is InChI=1S/C16H26N2/c1-4-16-10-5-13(2)18(16)12-15-8-6-14(7-9-15)11-17-3/h6-9,13,16-17H,4-5,10-12H2,1-3H3. The van der Waals surface area contributed by atoms with E-state index in [0.29, 0.717) is 0 Å². The van der Waals surface area contributed by atoms with Gasteiger partial charge in [-0.25, -0.2) is 0 Å². The SMILES string of the molecule is CCC1CCC(C)N1Cc1ccc(CNC)cc1. The van der Waals surface area contributed by atoms with Crippen molar-refractivity contribution in [3.8, 4) is 0 Å². The lowest BCUT2D eigenvalue weighted by Crippen LogP contribution is -2.33. The minimum Gasteiger partial charge on any atom is -0.316 e. The summed E-state index contributed by atoms with van der Waals surface area (Å²) >= 11 is 0. The summed E-state index contributed by atoms with van der Waals surface area (Å²) in [6.45, 7) is 6.74. The first-order valence-corrected chi connectivity index (χ1v) is 7.22. The molecule has 1 aromatic rings. The average Bonchev–Trinajstić information content (AvgIpc) is 2.73. The van der Waals surface area contributed by atoms with Gasteiger partial charge in [0.05, 0.1) is 0 Å². The number of hydrogen-bond donors (Lipinski definition) is 1. The van der Waals surface area contributed by atoms with Crippen LogP contribution in [0.1, 0.15) is 44.2 Å². The van der Waals surface area contributed by atoms with Gasteiger partial charge < -0.3 is 5.32 Å². The molecule has 0 aliphatic carbocycles. The quantitative estimate of drug-likeness (QED) is 0.858. The van der Waals surface area contributed by atoms with Crippen molar-refractivity contribution in [2.75, 3.05) is 7.05 Å². The number of likely N-dealkylation sites (tertiary alicyclic amines) is 1. The number of nitrogens with zero attached hydrogens (tertiary/aromatic N) is 1. The molecule has 0 amide bonds. The third-order valence-electron chi connectivity index (χ3n) is 4.19. The molecule has 1 heterocycles. The number of rotatable bonds is 5. The molecule has 1 saturated heterocycles. The molecule has 2 heteroatoms. The van der Waals surface area contributed by atoms with Crippen LogP contribution in [0.25, 0.3) is 0 Å². The molecule has 1 fully saturated rings. The molecule has 1 aromatic carbocycles. The van der Waals surface area contributed by atoms with Gasteiger partial charge in [-0.05, 0) is 44.4 Å². The van der Waals surface area contributed by atoms with Crippen LogP contribution in [-0.4, -0.2) is 24.0 Å². The molecule has 1 aliphatic rings. The van der Waals surface area contributed by atoms with Crippen LogP contribution >= 0.6 is 0 Å². The summed E-state index contributed by atoms with van der Waals surface area (Å²) in [6, 6.07) is 10.6. The first-order chi connectivity index (χ1) is 8.74. The van der Waals surface area contributed by atoms with Gasteiger partial charge in [0.15, 0.2) is 0 Å². The zero-order valence-electron chi connectivity index (χ0n) is 11.9. The summed E-state index contributed by atoms with van der Waals surface area (Å²) in [4.78, 5) is 2.67. The van der Waals surface area contributed by atoms with Crippen LogP contribution in [-0.2, 0) is 13.1 Å². The maximum atomic E-state index is 3.19. The van der Waals surface area contributed by atoms with Crippen LogP contribution in [0.5, 0.6) is 0 Å². The third kappa shape index (κ3) is 3.12. The molecule has 0 radical (unpaired) electrons. The van der Waals surface area contributed by atoms with Gasteiger partial charge >= 0.3 is 0 Å². The van der Waals surface area contributed by atoms with E-state index in [0.717, 1.165) is 25.2 Å². The average molecular weight is 246 g/mol. The second-order valence-electron chi connectivity index (χ2n) is 5.51. The van der Waals surface area contributed by atoms with Gasteiger partial charge in [-0.3, -0.25) is 4.90 Å². The molecular formula is C16H26N2. The molecule has 0 aromatic heterocycles. The summed E-state index contributed by atoms with van der Waals surface area (Å²) in [5.74, 6) is 0. The lowest BCUT2D eigenvalue weighted by molar-refractivity contribution is 0.189. The maximum Gasteiger partial charge on any atom is 0.0239 e. The number of hydrogen-bond acceptors (Lipinski definition) is 2. The van der Waals surface area contributed by atoms with Gasteiger partial charge in [-0.15, -0.1) is 0 Å². The zero-order valence-corrected chi connectivity index (χ0v) is 11.9. The normalized spacial score (nSPS) is 24.6. The van der Waals surface area contributed by atoms with Crippen molar-refractivity contribution < 1.29 is 0 Å². The number of nitrogens with one attached hydrogen (secondary N) is 1. The summed E-state index contributed by atoms with van der Waals surface area (Å²) in [5.41, 5.74) is 2.81. The molecule has 0 spiro atoms. The van der Waals surface area contributed by atoms with Crippen LogP contribution in [0.15, 0.2) is 24.3 Å². The van der Waals surface area contributed by atoms with E-state index in [-0.39, 0.29) is 0 Å². The van der Waals surface area contributed by atoms with Crippen molar-refractivity contribution in [2.24, 2.45) is 0 Å². The maximum absolute atomic E-state index is 3.19. The fourth-order valence-electron chi connectivity index (χ4n) is 3.03. The first-order valence-electron chi connectivity index (χ1n) is 7.22. The molecular weight excluding hydrogens is 220 g/mol. The van der Waals surface area contributed by atoms with Crippen molar-refractivity contribution in [1.29, 1.82) is 0 Å². The molecule has 0 bridgehead atoms. The molecule has 18 heavy (non-hydrogen) atoms. The van der Waals surface area contributed by atoms with Gasteiger partial charge in [0.2, 0.25) is 0 Å². The van der Waals surface area contributed by atoms with E-state index in [1.165, 1.54) is 30.4 Å². The van der Waals surface area contributed by atoms with Crippen LogP contribution in [0.4, 0.5) is 0 Å². The zero-order chi connectivity index (χ0) is 13.0. The molecule has 2 rings (SSSR count). The predicted molar refractivity (Wildman–Crippen MR) is 77.5 cm³/mol. The Kier molecular flexibility index (Phi) is 4.79. The van der Waals surface area contributed by atoms with Gasteiger partial charge in [0, 0.05) is 25.2 Å². The van der Waals surface area contributed by atoms with Crippen molar-refractivity contribution in [2.45, 2.75) is 58.3 Å². The minimum absolute atomic E-state index is 0.743. The Labute approximate surface area is 111 Å². The van der Waals surface area contributed by atoms with E-state index < -0.39 is 0 Å². The Morgan fingerprint density at radius 1 is 1.17 bits per heavy atom. The Hall–Kier alpha value is -0.860.